The fourth-order valence-electron chi connectivity index (χ4n) is 3.21. The molecular weight excluding hydrogens is 286 g/mol. The van der Waals surface area contributed by atoms with Gasteiger partial charge in [-0.15, -0.1) is 0 Å². The van der Waals surface area contributed by atoms with Gasteiger partial charge in [-0.2, -0.15) is 0 Å². The lowest BCUT2D eigenvalue weighted by Gasteiger charge is -2.32. The second-order valence-corrected chi connectivity index (χ2v) is 6.62. The van der Waals surface area contributed by atoms with Crippen LogP contribution in [-0.2, 0) is 0 Å². The van der Waals surface area contributed by atoms with Gasteiger partial charge < -0.3 is 10.2 Å². The third kappa shape index (κ3) is 3.22. The van der Waals surface area contributed by atoms with Crippen LogP contribution in [0.1, 0.15) is 48.7 Å². The maximum atomic E-state index is 13.1. The maximum absolute atomic E-state index is 13.1. The zero-order valence-electron chi connectivity index (χ0n) is 14.2. The van der Waals surface area contributed by atoms with Crippen LogP contribution in [0.15, 0.2) is 30.3 Å². The van der Waals surface area contributed by atoms with E-state index in [-0.39, 0.29) is 5.91 Å². The van der Waals surface area contributed by atoms with Crippen molar-refractivity contribution in [3.63, 3.8) is 0 Å². The van der Waals surface area contributed by atoms with Crippen molar-refractivity contribution in [1.29, 1.82) is 0 Å². The molecule has 0 atom stereocenters. The number of hydrogen-bond acceptors (Lipinski definition) is 3. The predicted octanol–water partition coefficient (Wildman–Crippen LogP) is 3.18. The van der Waals surface area contributed by atoms with Crippen molar-refractivity contribution >= 4 is 16.8 Å². The number of amides is 1. The van der Waals surface area contributed by atoms with Gasteiger partial charge in [-0.1, -0.05) is 32.0 Å². The fraction of sp³-hybridized carbons (Fsp3) is 0.474. The SMILES string of the molecule is CNC1CCN(C(=O)c2cc(C(C)C)nc3ccccc23)CC1. The van der Waals surface area contributed by atoms with Crippen LogP contribution >= 0.6 is 0 Å². The van der Waals surface area contributed by atoms with Crippen molar-refractivity contribution in [3.05, 3.63) is 41.6 Å². The van der Waals surface area contributed by atoms with Gasteiger partial charge in [0.05, 0.1) is 11.1 Å². The summed E-state index contributed by atoms with van der Waals surface area (Å²) in [5, 5.41) is 4.27. The Morgan fingerprint density at radius 1 is 1.26 bits per heavy atom. The second-order valence-electron chi connectivity index (χ2n) is 6.62. The number of carbonyl (C=O) groups is 1. The monoisotopic (exact) mass is 311 g/mol. The highest BCUT2D eigenvalue weighted by atomic mass is 16.2. The topological polar surface area (TPSA) is 45.2 Å². The number of fused-ring (bicyclic) bond motifs is 1. The van der Waals surface area contributed by atoms with Gasteiger partial charge in [0.15, 0.2) is 0 Å². The molecule has 0 saturated carbocycles. The van der Waals surface area contributed by atoms with Gasteiger partial charge in [0.25, 0.3) is 5.91 Å². The van der Waals surface area contributed by atoms with Crippen LogP contribution in [0.4, 0.5) is 0 Å². The van der Waals surface area contributed by atoms with Crippen molar-refractivity contribution in [2.75, 3.05) is 20.1 Å². The number of likely N-dealkylation sites (tertiary alicyclic amines) is 1. The van der Waals surface area contributed by atoms with Gasteiger partial charge >= 0.3 is 0 Å². The Balaban J connectivity index is 1.96. The Morgan fingerprint density at radius 2 is 1.96 bits per heavy atom. The number of benzene rings is 1. The molecule has 122 valence electrons. The number of hydrogen-bond donors (Lipinski definition) is 1. The average molecular weight is 311 g/mol. The Hall–Kier alpha value is -1.94. The van der Waals surface area contributed by atoms with E-state index in [2.05, 4.69) is 19.2 Å². The molecule has 0 bridgehead atoms. The fourth-order valence-corrected chi connectivity index (χ4v) is 3.21. The summed E-state index contributed by atoms with van der Waals surface area (Å²) >= 11 is 0. The van der Waals surface area contributed by atoms with Crippen molar-refractivity contribution < 1.29 is 4.79 Å². The molecule has 0 spiro atoms. The summed E-state index contributed by atoms with van der Waals surface area (Å²) in [6, 6.07) is 10.5. The van der Waals surface area contributed by atoms with Gasteiger partial charge in [-0.05, 0) is 37.9 Å². The van der Waals surface area contributed by atoms with Crippen molar-refractivity contribution in [3.8, 4) is 0 Å². The summed E-state index contributed by atoms with van der Waals surface area (Å²) in [5.41, 5.74) is 2.69. The van der Waals surface area contributed by atoms with Crippen LogP contribution in [0.25, 0.3) is 10.9 Å². The summed E-state index contributed by atoms with van der Waals surface area (Å²) in [6.07, 6.45) is 2.03. The molecule has 0 unspecified atom stereocenters. The van der Waals surface area contributed by atoms with Crippen LogP contribution in [-0.4, -0.2) is 42.0 Å². The Bertz CT molecular complexity index is 703. The van der Waals surface area contributed by atoms with E-state index in [1.54, 1.807) is 0 Å². The molecule has 1 fully saturated rings. The molecule has 0 radical (unpaired) electrons. The Kier molecular flexibility index (Phi) is 4.62. The molecule has 1 saturated heterocycles. The summed E-state index contributed by atoms with van der Waals surface area (Å²) in [5.74, 6) is 0.446. The Labute approximate surface area is 137 Å². The van der Waals surface area contributed by atoms with E-state index < -0.39 is 0 Å². The second kappa shape index (κ2) is 6.67. The first kappa shape index (κ1) is 15.9. The van der Waals surface area contributed by atoms with Crippen molar-refractivity contribution in [2.24, 2.45) is 0 Å². The van der Waals surface area contributed by atoms with Crippen LogP contribution in [0.3, 0.4) is 0 Å². The molecule has 1 N–H and O–H groups in total. The number of piperidine rings is 1. The largest absolute Gasteiger partial charge is 0.339 e. The number of pyridine rings is 1. The third-order valence-electron chi connectivity index (χ3n) is 4.75. The van der Waals surface area contributed by atoms with Gasteiger partial charge in [0.2, 0.25) is 0 Å². The summed E-state index contributed by atoms with van der Waals surface area (Å²) < 4.78 is 0. The summed E-state index contributed by atoms with van der Waals surface area (Å²) in [6.45, 7) is 5.86. The zero-order chi connectivity index (χ0) is 16.4. The van der Waals surface area contributed by atoms with Gasteiger partial charge in [0, 0.05) is 30.2 Å². The van der Waals surface area contributed by atoms with Crippen LogP contribution in [0, 0.1) is 0 Å². The molecule has 3 rings (SSSR count). The van der Waals surface area contributed by atoms with Crippen LogP contribution < -0.4 is 5.32 Å². The molecule has 1 aromatic heterocycles. The highest BCUT2D eigenvalue weighted by Crippen LogP contribution is 2.24. The first-order valence-corrected chi connectivity index (χ1v) is 8.46. The highest BCUT2D eigenvalue weighted by Gasteiger charge is 2.24. The van der Waals surface area contributed by atoms with Gasteiger partial charge in [-0.3, -0.25) is 9.78 Å². The van der Waals surface area contributed by atoms with Crippen molar-refractivity contribution in [2.45, 2.75) is 38.6 Å². The highest BCUT2D eigenvalue weighted by molar-refractivity contribution is 6.06. The quantitative estimate of drug-likeness (QED) is 0.947. The minimum absolute atomic E-state index is 0.139. The van der Waals surface area contributed by atoms with E-state index in [9.17, 15) is 4.79 Å². The number of para-hydroxylation sites is 1. The van der Waals surface area contributed by atoms with E-state index in [1.165, 1.54) is 0 Å². The molecule has 1 aromatic carbocycles. The number of rotatable bonds is 3. The molecule has 1 aliphatic rings. The standard InChI is InChI=1S/C19H25N3O/c1-13(2)18-12-16(15-6-4-5-7-17(15)21-18)19(23)22-10-8-14(20-3)9-11-22/h4-7,12-14,20H,8-11H2,1-3H3. The number of aromatic nitrogens is 1. The molecule has 4 heteroatoms. The number of carbonyl (C=O) groups excluding carboxylic acids is 1. The van der Waals surface area contributed by atoms with Crippen molar-refractivity contribution in [1.82, 2.24) is 15.2 Å². The minimum atomic E-state index is 0.139. The molecule has 0 aliphatic carbocycles. The van der Waals surface area contributed by atoms with Crippen LogP contribution in [0.5, 0.6) is 0 Å². The summed E-state index contributed by atoms with van der Waals surface area (Å²) in [7, 11) is 1.99. The van der Waals surface area contributed by atoms with E-state index in [4.69, 9.17) is 4.98 Å². The smallest absolute Gasteiger partial charge is 0.254 e. The molecule has 2 heterocycles. The molecule has 1 aliphatic heterocycles. The van der Waals surface area contributed by atoms with E-state index in [0.717, 1.165) is 48.1 Å². The zero-order valence-corrected chi connectivity index (χ0v) is 14.2. The summed E-state index contributed by atoms with van der Waals surface area (Å²) in [4.78, 5) is 19.8. The number of nitrogens with zero attached hydrogens (tertiary/aromatic N) is 2. The molecule has 4 nitrogen and oxygen atoms in total. The van der Waals surface area contributed by atoms with Crippen LogP contribution in [0.2, 0.25) is 0 Å². The molecule has 1 amide bonds. The first-order valence-electron chi connectivity index (χ1n) is 8.46. The lowest BCUT2D eigenvalue weighted by Crippen LogP contribution is -2.44. The lowest BCUT2D eigenvalue weighted by atomic mass is 10.00. The van der Waals surface area contributed by atoms with Gasteiger partial charge in [-0.25, -0.2) is 0 Å². The normalized spacial score (nSPS) is 16.3. The predicted molar refractivity (Wildman–Crippen MR) is 93.8 cm³/mol. The van der Waals surface area contributed by atoms with Gasteiger partial charge in [0.1, 0.15) is 0 Å². The molecular formula is C19H25N3O. The first-order chi connectivity index (χ1) is 11.1. The maximum Gasteiger partial charge on any atom is 0.254 e. The number of nitrogens with one attached hydrogen (secondary N) is 1. The lowest BCUT2D eigenvalue weighted by molar-refractivity contribution is 0.0709. The van der Waals surface area contributed by atoms with E-state index in [0.29, 0.717) is 12.0 Å². The van der Waals surface area contributed by atoms with E-state index in [1.807, 2.05) is 42.3 Å². The minimum Gasteiger partial charge on any atom is -0.339 e. The molecule has 23 heavy (non-hydrogen) atoms. The third-order valence-corrected chi connectivity index (χ3v) is 4.75. The Morgan fingerprint density at radius 3 is 2.61 bits per heavy atom. The average Bonchev–Trinajstić information content (AvgIpc) is 2.60. The van der Waals surface area contributed by atoms with E-state index >= 15 is 0 Å². The molecule has 2 aromatic rings.